The van der Waals surface area contributed by atoms with E-state index in [4.69, 9.17) is 21.7 Å². The summed E-state index contributed by atoms with van der Waals surface area (Å²) < 4.78 is 10.8. The molecule has 2 aromatic carbocycles. The first-order valence-electron chi connectivity index (χ1n) is 9.76. The minimum Gasteiger partial charge on any atom is -0.491 e. The van der Waals surface area contributed by atoms with E-state index in [9.17, 15) is 9.59 Å². The van der Waals surface area contributed by atoms with E-state index < -0.39 is 0 Å². The summed E-state index contributed by atoms with van der Waals surface area (Å²) in [4.78, 5) is 24.1. The van der Waals surface area contributed by atoms with Crippen LogP contribution >= 0.6 is 12.2 Å². The maximum atomic E-state index is 12.4. The molecule has 8 heteroatoms. The van der Waals surface area contributed by atoms with Gasteiger partial charge >= 0.3 is 0 Å². The van der Waals surface area contributed by atoms with E-state index in [2.05, 4.69) is 16.0 Å². The van der Waals surface area contributed by atoms with Crippen LogP contribution < -0.4 is 20.7 Å². The molecule has 0 spiro atoms. The lowest BCUT2D eigenvalue weighted by Crippen LogP contribution is -2.34. The van der Waals surface area contributed by atoms with Crippen LogP contribution in [-0.4, -0.2) is 36.7 Å². The summed E-state index contributed by atoms with van der Waals surface area (Å²) in [5.74, 6) is 0.254. The zero-order valence-electron chi connectivity index (χ0n) is 17.4. The quantitative estimate of drug-likeness (QED) is 0.414. The molecule has 160 valence electrons. The lowest BCUT2D eigenvalue weighted by atomic mass is 10.1. The summed E-state index contributed by atoms with van der Waals surface area (Å²) in [5.41, 5.74) is 2.74. The molecule has 0 saturated carbocycles. The van der Waals surface area contributed by atoms with E-state index in [-0.39, 0.29) is 16.9 Å². The van der Waals surface area contributed by atoms with Crippen molar-refractivity contribution in [2.75, 3.05) is 30.5 Å². The Morgan fingerprint density at radius 1 is 1.00 bits per heavy atom. The number of thiocarbonyl (C=S) groups is 1. The van der Waals surface area contributed by atoms with Gasteiger partial charge in [-0.15, -0.1) is 0 Å². The van der Waals surface area contributed by atoms with Crippen molar-refractivity contribution in [2.24, 2.45) is 0 Å². The van der Waals surface area contributed by atoms with Crippen LogP contribution in [0.2, 0.25) is 0 Å². The van der Waals surface area contributed by atoms with Gasteiger partial charge in [-0.2, -0.15) is 0 Å². The molecule has 0 unspecified atom stereocenters. The third-order valence-corrected chi connectivity index (χ3v) is 4.34. The average molecular weight is 430 g/mol. The van der Waals surface area contributed by atoms with E-state index in [0.717, 1.165) is 5.56 Å². The van der Waals surface area contributed by atoms with Crippen LogP contribution in [0.15, 0.2) is 42.5 Å². The van der Waals surface area contributed by atoms with Crippen molar-refractivity contribution in [1.29, 1.82) is 0 Å². The largest absolute Gasteiger partial charge is 0.491 e. The summed E-state index contributed by atoms with van der Waals surface area (Å²) in [5, 5.41) is 8.60. The van der Waals surface area contributed by atoms with Crippen LogP contribution in [-0.2, 0) is 9.53 Å². The molecule has 2 aromatic rings. The Morgan fingerprint density at radius 2 is 1.73 bits per heavy atom. The van der Waals surface area contributed by atoms with Gasteiger partial charge in [0.15, 0.2) is 5.11 Å². The summed E-state index contributed by atoms with van der Waals surface area (Å²) in [6.07, 6.45) is 0.391. The minimum absolute atomic E-state index is 0.0727. The monoisotopic (exact) mass is 429 g/mol. The Kier molecular flexibility index (Phi) is 9.24. The number of aryl methyl sites for hydroxylation is 1. The van der Waals surface area contributed by atoms with E-state index in [1.54, 1.807) is 37.3 Å². The number of ether oxygens (including phenoxy) is 2. The first-order valence-corrected chi connectivity index (χ1v) is 10.2. The number of hydrogen-bond acceptors (Lipinski definition) is 5. The predicted molar refractivity (Wildman–Crippen MR) is 122 cm³/mol. The van der Waals surface area contributed by atoms with Gasteiger partial charge in [0.05, 0.1) is 6.61 Å². The molecule has 7 nitrogen and oxygen atoms in total. The lowest BCUT2D eigenvalue weighted by Gasteiger charge is -2.13. The number of carbonyl (C=O) groups excluding carboxylic acids is 2. The average Bonchev–Trinajstić information content (AvgIpc) is 2.73. The molecule has 0 aliphatic carbocycles. The molecule has 0 aliphatic heterocycles. The van der Waals surface area contributed by atoms with Gasteiger partial charge in [-0.1, -0.05) is 13.0 Å². The van der Waals surface area contributed by atoms with Gasteiger partial charge in [-0.05, 0) is 68.0 Å². The predicted octanol–water partition coefficient (Wildman–Crippen LogP) is 3.89. The summed E-state index contributed by atoms with van der Waals surface area (Å²) in [7, 11) is 0. The molecule has 0 radical (unpaired) electrons. The highest BCUT2D eigenvalue weighted by Gasteiger charge is 2.10. The Balaban J connectivity index is 1.90. The zero-order valence-corrected chi connectivity index (χ0v) is 18.2. The van der Waals surface area contributed by atoms with Crippen LogP contribution in [0.25, 0.3) is 0 Å². The number of nitrogens with one attached hydrogen (secondary N) is 3. The number of amides is 2. The van der Waals surface area contributed by atoms with E-state index in [0.29, 0.717) is 48.9 Å². The second-order valence-corrected chi connectivity index (χ2v) is 6.82. The SMILES string of the molecule is CCOCCOc1ccc(C(=O)NC(=S)Nc2ccc(C)c(NC(=O)CC)c2)cc1. The third-order valence-electron chi connectivity index (χ3n) is 4.13. The Hall–Kier alpha value is -2.97. The van der Waals surface area contributed by atoms with Gasteiger partial charge in [0.25, 0.3) is 5.91 Å². The van der Waals surface area contributed by atoms with E-state index >= 15 is 0 Å². The topological polar surface area (TPSA) is 88.7 Å². The normalized spacial score (nSPS) is 10.2. The molecule has 0 heterocycles. The van der Waals surface area contributed by atoms with Gasteiger partial charge in [0, 0.05) is 30.0 Å². The lowest BCUT2D eigenvalue weighted by molar-refractivity contribution is -0.115. The first kappa shape index (κ1) is 23.3. The van der Waals surface area contributed by atoms with Crippen molar-refractivity contribution in [3.8, 4) is 5.75 Å². The van der Waals surface area contributed by atoms with Gasteiger partial charge in [-0.25, -0.2) is 0 Å². The highest BCUT2D eigenvalue weighted by molar-refractivity contribution is 7.80. The van der Waals surface area contributed by atoms with Crippen molar-refractivity contribution < 1.29 is 19.1 Å². The fourth-order valence-electron chi connectivity index (χ4n) is 2.48. The second-order valence-electron chi connectivity index (χ2n) is 6.41. The van der Waals surface area contributed by atoms with Crippen molar-refractivity contribution in [2.45, 2.75) is 27.2 Å². The zero-order chi connectivity index (χ0) is 21.9. The van der Waals surface area contributed by atoms with Gasteiger partial charge in [0.2, 0.25) is 5.91 Å². The fourth-order valence-corrected chi connectivity index (χ4v) is 2.69. The fraction of sp³-hybridized carbons (Fsp3) is 0.318. The number of hydrogen-bond donors (Lipinski definition) is 3. The van der Waals surface area contributed by atoms with Gasteiger partial charge in [0.1, 0.15) is 12.4 Å². The maximum Gasteiger partial charge on any atom is 0.257 e. The van der Waals surface area contributed by atoms with Crippen LogP contribution in [0.5, 0.6) is 5.75 Å². The standard InChI is InChI=1S/C22H27N3O4S/c1-4-20(26)24-19-14-17(9-6-15(19)3)23-22(30)25-21(27)16-7-10-18(11-8-16)29-13-12-28-5-2/h6-11,14H,4-5,12-13H2,1-3H3,(H,24,26)(H2,23,25,27,30). The maximum absolute atomic E-state index is 12.4. The van der Waals surface area contributed by atoms with Crippen LogP contribution in [0, 0.1) is 6.92 Å². The Bertz CT molecular complexity index is 884. The Labute approximate surface area is 182 Å². The number of benzene rings is 2. The molecule has 30 heavy (non-hydrogen) atoms. The molecule has 3 N–H and O–H groups in total. The van der Waals surface area contributed by atoms with Crippen LogP contribution in [0.1, 0.15) is 36.2 Å². The van der Waals surface area contributed by atoms with Crippen molar-refractivity contribution >= 4 is 40.5 Å². The molecular formula is C22H27N3O4S. The molecule has 2 amide bonds. The molecule has 0 saturated heterocycles. The summed E-state index contributed by atoms with van der Waals surface area (Å²) in [6.45, 7) is 7.23. The van der Waals surface area contributed by atoms with Gasteiger partial charge in [-0.3, -0.25) is 14.9 Å². The number of anilines is 2. The molecule has 0 bridgehead atoms. The molecule has 0 aliphatic rings. The first-order chi connectivity index (χ1) is 14.4. The number of carbonyl (C=O) groups is 2. The third kappa shape index (κ3) is 7.46. The van der Waals surface area contributed by atoms with Crippen molar-refractivity contribution in [3.05, 3.63) is 53.6 Å². The summed E-state index contributed by atoms with van der Waals surface area (Å²) in [6, 6.07) is 12.2. The smallest absolute Gasteiger partial charge is 0.257 e. The van der Waals surface area contributed by atoms with Crippen LogP contribution in [0.3, 0.4) is 0 Å². The van der Waals surface area contributed by atoms with Crippen molar-refractivity contribution in [3.63, 3.8) is 0 Å². The van der Waals surface area contributed by atoms with Gasteiger partial charge < -0.3 is 20.1 Å². The number of rotatable bonds is 9. The highest BCUT2D eigenvalue weighted by atomic mass is 32.1. The van der Waals surface area contributed by atoms with E-state index in [1.165, 1.54) is 0 Å². The van der Waals surface area contributed by atoms with Crippen LogP contribution in [0.4, 0.5) is 11.4 Å². The molecule has 0 fully saturated rings. The van der Waals surface area contributed by atoms with Crippen molar-refractivity contribution in [1.82, 2.24) is 5.32 Å². The molecule has 0 aromatic heterocycles. The highest BCUT2D eigenvalue weighted by Crippen LogP contribution is 2.20. The van der Waals surface area contributed by atoms with E-state index in [1.807, 2.05) is 26.0 Å². The molecule has 2 rings (SSSR count). The molecular weight excluding hydrogens is 402 g/mol. The molecule has 0 atom stereocenters. The Morgan fingerprint density at radius 3 is 2.40 bits per heavy atom. The second kappa shape index (κ2) is 11.9. The minimum atomic E-state index is -0.333. The summed E-state index contributed by atoms with van der Waals surface area (Å²) >= 11 is 5.24.